The van der Waals surface area contributed by atoms with Crippen LogP contribution >= 0.6 is 0 Å². The molecule has 0 bridgehead atoms. The topological polar surface area (TPSA) is 38.3 Å². The molecule has 0 radical (unpaired) electrons. The van der Waals surface area contributed by atoms with Crippen LogP contribution in [-0.4, -0.2) is 13.0 Å². The molecule has 0 spiro atoms. The number of hydrogen-bond acceptors (Lipinski definition) is 2. The molecule has 2 rings (SSSR count). The number of carbonyl (C=O) groups excluding carboxylic acids is 1. The highest BCUT2D eigenvalue weighted by molar-refractivity contribution is 6.02. The van der Waals surface area contributed by atoms with E-state index in [0.29, 0.717) is 0 Å². The summed E-state index contributed by atoms with van der Waals surface area (Å²) in [6.45, 7) is 4.01. The zero-order chi connectivity index (χ0) is 15.2. The van der Waals surface area contributed by atoms with E-state index in [0.717, 1.165) is 22.6 Å². The summed E-state index contributed by atoms with van der Waals surface area (Å²) in [7, 11) is 1.63. The number of amides is 1. The van der Waals surface area contributed by atoms with Gasteiger partial charge in [0, 0.05) is 11.8 Å². The maximum atomic E-state index is 11.9. The van der Waals surface area contributed by atoms with Crippen LogP contribution in [-0.2, 0) is 4.79 Å². The molecule has 0 aliphatic heterocycles. The second kappa shape index (κ2) is 6.75. The zero-order valence-electron chi connectivity index (χ0n) is 12.5. The lowest BCUT2D eigenvalue weighted by Gasteiger charge is -2.07. The summed E-state index contributed by atoms with van der Waals surface area (Å²) in [5, 5.41) is 2.88. The van der Waals surface area contributed by atoms with Gasteiger partial charge in [0.05, 0.1) is 7.11 Å². The first-order valence-corrected chi connectivity index (χ1v) is 6.79. The highest BCUT2D eigenvalue weighted by Crippen LogP contribution is 2.16. The smallest absolute Gasteiger partial charge is 0.248 e. The number of methoxy groups -OCH3 is 1. The fraction of sp³-hybridized carbons (Fsp3) is 0.167. The molecular formula is C18H19NO2. The minimum absolute atomic E-state index is 0.141. The van der Waals surface area contributed by atoms with Crippen molar-refractivity contribution in [2.75, 3.05) is 12.4 Å². The molecule has 1 amide bonds. The monoisotopic (exact) mass is 281 g/mol. The molecule has 3 heteroatoms. The van der Waals surface area contributed by atoms with Crippen molar-refractivity contribution >= 4 is 17.7 Å². The third-order valence-corrected chi connectivity index (χ3v) is 3.18. The average Bonchev–Trinajstić information content (AvgIpc) is 2.48. The summed E-state index contributed by atoms with van der Waals surface area (Å²) < 4.78 is 5.09. The van der Waals surface area contributed by atoms with Gasteiger partial charge in [-0.3, -0.25) is 4.79 Å². The third-order valence-electron chi connectivity index (χ3n) is 3.18. The van der Waals surface area contributed by atoms with Gasteiger partial charge in [-0.05, 0) is 49.2 Å². The average molecular weight is 281 g/mol. The Balaban J connectivity index is 2.01. The SMILES string of the molecule is COc1ccc(C=CC(=O)Nc2ccc(C)cc2C)cc1. The van der Waals surface area contributed by atoms with E-state index in [1.807, 2.05) is 56.3 Å². The number of carbonyl (C=O) groups is 1. The Kier molecular flexibility index (Phi) is 4.77. The van der Waals surface area contributed by atoms with Crippen LogP contribution in [0.5, 0.6) is 5.75 Å². The van der Waals surface area contributed by atoms with Crippen LogP contribution in [0.1, 0.15) is 16.7 Å². The van der Waals surface area contributed by atoms with E-state index < -0.39 is 0 Å². The van der Waals surface area contributed by atoms with Crippen LogP contribution in [0.25, 0.3) is 6.08 Å². The first-order valence-electron chi connectivity index (χ1n) is 6.79. The molecule has 108 valence electrons. The molecule has 0 atom stereocenters. The molecule has 2 aromatic carbocycles. The van der Waals surface area contributed by atoms with Crippen LogP contribution in [0.2, 0.25) is 0 Å². The standard InChI is InChI=1S/C18H19NO2/c1-13-4-10-17(14(2)12-13)19-18(20)11-7-15-5-8-16(21-3)9-6-15/h4-12H,1-3H3,(H,19,20). The van der Waals surface area contributed by atoms with E-state index in [9.17, 15) is 4.79 Å². The Morgan fingerprint density at radius 3 is 2.43 bits per heavy atom. The first-order chi connectivity index (χ1) is 10.1. The normalized spacial score (nSPS) is 10.6. The van der Waals surface area contributed by atoms with Gasteiger partial charge in [0.1, 0.15) is 5.75 Å². The molecule has 0 unspecified atom stereocenters. The fourth-order valence-corrected chi connectivity index (χ4v) is 2.02. The summed E-state index contributed by atoms with van der Waals surface area (Å²) >= 11 is 0. The van der Waals surface area contributed by atoms with Crippen molar-refractivity contribution in [2.24, 2.45) is 0 Å². The number of ether oxygens (including phenoxy) is 1. The molecule has 0 aromatic heterocycles. The lowest BCUT2D eigenvalue weighted by Crippen LogP contribution is -2.08. The Labute approximate surface area is 125 Å². The minimum atomic E-state index is -0.141. The molecule has 0 heterocycles. The Morgan fingerprint density at radius 1 is 1.10 bits per heavy atom. The number of hydrogen-bond donors (Lipinski definition) is 1. The third kappa shape index (κ3) is 4.21. The highest BCUT2D eigenvalue weighted by atomic mass is 16.5. The lowest BCUT2D eigenvalue weighted by molar-refractivity contribution is -0.111. The molecule has 1 N–H and O–H groups in total. The van der Waals surface area contributed by atoms with Gasteiger partial charge in [-0.15, -0.1) is 0 Å². The Morgan fingerprint density at radius 2 is 1.81 bits per heavy atom. The van der Waals surface area contributed by atoms with Crippen molar-refractivity contribution in [3.63, 3.8) is 0 Å². The summed E-state index contributed by atoms with van der Waals surface area (Å²) in [4.78, 5) is 11.9. The van der Waals surface area contributed by atoms with Gasteiger partial charge in [0.2, 0.25) is 5.91 Å². The highest BCUT2D eigenvalue weighted by Gasteiger charge is 2.01. The maximum absolute atomic E-state index is 11.9. The van der Waals surface area contributed by atoms with Gasteiger partial charge in [-0.2, -0.15) is 0 Å². The van der Waals surface area contributed by atoms with E-state index >= 15 is 0 Å². The molecule has 21 heavy (non-hydrogen) atoms. The number of benzene rings is 2. The Bertz CT molecular complexity index is 657. The summed E-state index contributed by atoms with van der Waals surface area (Å²) in [5.41, 5.74) is 4.03. The largest absolute Gasteiger partial charge is 0.497 e. The van der Waals surface area contributed by atoms with Crippen molar-refractivity contribution in [1.29, 1.82) is 0 Å². The molecular weight excluding hydrogens is 262 g/mol. The minimum Gasteiger partial charge on any atom is -0.497 e. The van der Waals surface area contributed by atoms with E-state index in [2.05, 4.69) is 5.32 Å². The molecule has 0 saturated heterocycles. The number of nitrogens with one attached hydrogen (secondary N) is 1. The van der Waals surface area contributed by atoms with Crippen molar-refractivity contribution in [1.82, 2.24) is 0 Å². The number of aryl methyl sites for hydroxylation is 2. The first kappa shape index (κ1) is 14.9. The predicted molar refractivity (Wildman–Crippen MR) is 86.6 cm³/mol. The van der Waals surface area contributed by atoms with Crippen molar-refractivity contribution in [3.8, 4) is 5.75 Å². The van der Waals surface area contributed by atoms with Crippen LogP contribution in [0, 0.1) is 13.8 Å². The van der Waals surface area contributed by atoms with E-state index in [4.69, 9.17) is 4.74 Å². The Hall–Kier alpha value is -2.55. The molecule has 0 aliphatic carbocycles. The molecule has 0 aliphatic rings. The van der Waals surface area contributed by atoms with Gasteiger partial charge < -0.3 is 10.1 Å². The molecule has 0 fully saturated rings. The lowest BCUT2D eigenvalue weighted by atomic mass is 10.1. The molecule has 2 aromatic rings. The number of rotatable bonds is 4. The fourth-order valence-electron chi connectivity index (χ4n) is 2.02. The van der Waals surface area contributed by atoms with Gasteiger partial charge in [-0.1, -0.05) is 29.8 Å². The van der Waals surface area contributed by atoms with Crippen molar-refractivity contribution < 1.29 is 9.53 Å². The van der Waals surface area contributed by atoms with E-state index in [1.54, 1.807) is 13.2 Å². The van der Waals surface area contributed by atoms with Crippen LogP contribution < -0.4 is 10.1 Å². The van der Waals surface area contributed by atoms with Gasteiger partial charge >= 0.3 is 0 Å². The van der Waals surface area contributed by atoms with E-state index in [-0.39, 0.29) is 5.91 Å². The predicted octanol–water partition coefficient (Wildman–Crippen LogP) is 3.96. The molecule has 3 nitrogen and oxygen atoms in total. The summed E-state index contributed by atoms with van der Waals surface area (Å²) in [5.74, 6) is 0.657. The van der Waals surface area contributed by atoms with E-state index in [1.165, 1.54) is 11.6 Å². The van der Waals surface area contributed by atoms with Gasteiger partial charge in [0.15, 0.2) is 0 Å². The summed E-state index contributed by atoms with van der Waals surface area (Å²) in [6.07, 6.45) is 3.30. The van der Waals surface area contributed by atoms with Crippen LogP contribution in [0.3, 0.4) is 0 Å². The number of anilines is 1. The van der Waals surface area contributed by atoms with Gasteiger partial charge in [-0.25, -0.2) is 0 Å². The quantitative estimate of drug-likeness (QED) is 0.861. The molecule has 0 saturated carbocycles. The van der Waals surface area contributed by atoms with Crippen molar-refractivity contribution in [3.05, 3.63) is 65.2 Å². The van der Waals surface area contributed by atoms with Crippen LogP contribution in [0.15, 0.2) is 48.5 Å². The maximum Gasteiger partial charge on any atom is 0.248 e. The van der Waals surface area contributed by atoms with Crippen LogP contribution in [0.4, 0.5) is 5.69 Å². The van der Waals surface area contributed by atoms with Crippen molar-refractivity contribution in [2.45, 2.75) is 13.8 Å². The zero-order valence-corrected chi connectivity index (χ0v) is 12.5. The second-order valence-electron chi connectivity index (χ2n) is 4.91. The second-order valence-corrected chi connectivity index (χ2v) is 4.91. The summed E-state index contributed by atoms with van der Waals surface area (Å²) in [6, 6.07) is 13.5. The van der Waals surface area contributed by atoms with Gasteiger partial charge in [0.25, 0.3) is 0 Å².